The molecule has 0 spiro atoms. The third kappa shape index (κ3) is 4.36. The second-order valence-corrected chi connectivity index (χ2v) is 9.47. The Balaban J connectivity index is 1.46. The first kappa shape index (κ1) is 23.0. The average Bonchev–Trinajstić information content (AvgIpc) is 3.33. The maximum Gasteiger partial charge on any atom is 0.304 e. The molecule has 180 valence electrons. The van der Waals surface area contributed by atoms with Gasteiger partial charge in [0, 0.05) is 24.6 Å². The number of carboxylic acids is 1. The van der Waals surface area contributed by atoms with Gasteiger partial charge >= 0.3 is 5.97 Å². The van der Waals surface area contributed by atoms with Crippen molar-refractivity contribution >= 4 is 11.9 Å². The zero-order valence-electron chi connectivity index (χ0n) is 20.3. The van der Waals surface area contributed by atoms with E-state index < -0.39 is 5.97 Å². The number of nitrogens with zero attached hydrogens (tertiary/aromatic N) is 1. The molecule has 3 aromatic rings. The number of carbonyl (C=O) groups is 2. The summed E-state index contributed by atoms with van der Waals surface area (Å²) in [5, 5.41) is 9.70. The molecule has 1 amide bonds. The number of carbonyl (C=O) groups excluding carboxylic acids is 1. The molecule has 2 aliphatic heterocycles. The molecule has 0 unspecified atom stereocenters. The van der Waals surface area contributed by atoms with Crippen LogP contribution in [0, 0.1) is 20.8 Å². The lowest BCUT2D eigenvalue weighted by molar-refractivity contribution is -0.137. The Morgan fingerprint density at radius 3 is 2.57 bits per heavy atom. The van der Waals surface area contributed by atoms with Crippen LogP contribution in [0.3, 0.4) is 0 Å². The van der Waals surface area contributed by atoms with Gasteiger partial charge in [-0.15, -0.1) is 0 Å². The van der Waals surface area contributed by atoms with Crippen LogP contribution in [-0.2, 0) is 17.8 Å². The summed E-state index contributed by atoms with van der Waals surface area (Å²) in [5.74, 6) is 0.194. The lowest BCUT2D eigenvalue weighted by Crippen LogP contribution is -2.36. The summed E-state index contributed by atoms with van der Waals surface area (Å²) in [6, 6.07) is 15.8. The third-order valence-electron chi connectivity index (χ3n) is 7.27. The second kappa shape index (κ2) is 9.10. The number of aryl methyl sites for hydroxylation is 2. The van der Waals surface area contributed by atoms with E-state index in [1.54, 1.807) is 0 Å². The van der Waals surface area contributed by atoms with E-state index in [4.69, 9.17) is 9.47 Å². The lowest BCUT2D eigenvalue weighted by atomic mass is 9.83. The number of benzene rings is 3. The van der Waals surface area contributed by atoms with Crippen molar-refractivity contribution in [3.8, 4) is 11.5 Å². The van der Waals surface area contributed by atoms with Crippen LogP contribution in [0.2, 0.25) is 0 Å². The van der Waals surface area contributed by atoms with Crippen molar-refractivity contribution in [2.24, 2.45) is 0 Å². The monoisotopic (exact) mass is 471 g/mol. The van der Waals surface area contributed by atoms with Gasteiger partial charge in [0.15, 0.2) is 11.5 Å². The first-order chi connectivity index (χ1) is 16.8. The van der Waals surface area contributed by atoms with Crippen LogP contribution in [0.25, 0.3) is 0 Å². The Morgan fingerprint density at radius 2 is 1.80 bits per heavy atom. The van der Waals surface area contributed by atoms with E-state index >= 15 is 0 Å². The molecule has 3 aromatic carbocycles. The van der Waals surface area contributed by atoms with Gasteiger partial charge in [0.1, 0.15) is 0 Å². The Kier molecular flexibility index (Phi) is 5.97. The molecule has 0 saturated heterocycles. The van der Waals surface area contributed by atoms with Gasteiger partial charge in [-0.2, -0.15) is 0 Å². The number of rotatable bonds is 5. The summed E-state index contributed by atoms with van der Waals surface area (Å²) >= 11 is 0. The van der Waals surface area contributed by atoms with Crippen LogP contribution < -0.4 is 9.47 Å². The number of carboxylic acid groups (broad SMARTS) is 1. The van der Waals surface area contributed by atoms with Gasteiger partial charge < -0.3 is 19.5 Å². The molecule has 35 heavy (non-hydrogen) atoms. The van der Waals surface area contributed by atoms with Gasteiger partial charge in [-0.05, 0) is 84.3 Å². The van der Waals surface area contributed by atoms with Crippen molar-refractivity contribution in [1.29, 1.82) is 0 Å². The zero-order chi connectivity index (χ0) is 24.7. The summed E-state index contributed by atoms with van der Waals surface area (Å²) < 4.78 is 11.1. The number of aliphatic carboxylic acids is 1. The minimum absolute atomic E-state index is 0.0258. The molecule has 0 saturated carbocycles. The quantitative estimate of drug-likeness (QED) is 0.557. The van der Waals surface area contributed by atoms with Gasteiger partial charge in [-0.3, -0.25) is 9.59 Å². The molecule has 0 radical (unpaired) electrons. The second-order valence-electron chi connectivity index (χ2n) is 9.47. The molecule has 1 atom stereocenters. The highest BCUT2D eigenvalue weighted by atomic mass is 16.7. The van der Waals surface area contributed by atoms with E-state index in [2.05, 4.69) is 12.1 Å². The predicted octanol–water partition coefficient (Wildman–Crippen LogP) is 5.15. The van der Waals surface area contributed by atoms with Crippen LogP contribution in [-0.4, -0.2) is 35.2 Å². The minimum atomic E-state index is -0.865. The Bertz CT molecular complexity index is 1330. The van der Waals surface area contributed by atoms with Crippen LogP contribution >= 0.6 is 0 Å². The number of hydrogen-bond donors (Lipinski definition) is 1. The normalized spacial score (nSPS) is 15.0. The van der Waals surface area contributed by atoms with Crippen molar-refractivity contribution in [2.75, 3.05) is 13.3 Å². The maximum absolute atomic E-state index is 13.2. The van der Waals surface area contributed by atoms with Gasteiger partial charge in [-0.1, -0.05) is 30.3 Å². The van der Waals surface area contributed by atoms with Gasteiger partial charge in [-0.25, -0.2) is 0 Å². The highest BCUT2D eigenvalue weighted by Gasteiger charge is 2.27. The summed E-state index contributed by atoms with van der Waals surface area (Å²) in [4.78, 5) is 26.9. The van der Waals surface area contributed by atoms with Crippen molar-refractivity contribution in [2.45, 2.75) is 46.1 Å². The standard InChI is InChI=1S/C29H29NO5/c1-17-4-5-22(12-18(17)2)29(33)30-11-10-20-6-7-21(13-23(20)15-30)25(14-27(31)32)24-8-9-26-28(19(24)3)35-16-34-26/h4-9,12-13,25H,10-11,14-16H2,1-3H3,(H,31,32)/t25-/m1/s1. The van der Waals surface area contributed by atoms with Crippen molar-refractivity contribution < 1.29 is 24.2 Å². The van der Waals surface area contributed by atoms with Crippen molar-refractivity contribution in [3.63, 3.8) is 0 Å². The van der Waals surface area contributed by atoms with Crippen molar-refractivity contribution in [3.05, 3.63) is 93.0 Å². The van der Waals surface area contributed by atoms with Crippen molar-refractivity contribution in [1.82, 2.24) is 4.90 Å². The molecular formula is C29H29NO5. The predicted molar refractivity (Wildman–Crippen MR) is 132 cm³/mol. The van der Waals surface area contributed by atoms with Crippen LogP contribution in [0.5, 0.6) is 11.5 Å². The molecule has 6 nitrogen and oxygen atoms in total. The Morgan fingerprint density at radius 1 is 0.971 bits per heavy atom. The number of fused-ring (bicyclic) bond motifs is 2. The third-order valence-corrected chi connectivity index (χ3v) is 7.27. The van der Waals surface area contributed by atoms with Gasteiger partial charge in [0.25, 0.3) is 5.91 Å². The van der Waals surface area contributed by atoms with Gasteiger partial charge in [0.05, 0.1) is 6.42 Å². The van der Waals surface area contributed by atoms with Crippen LogP contribution in [0.4, 0.5) is 0 Å². The number of hydrogen-bond acceptors (Lipinski definition) is 4. The largest absolute Gasteiger partial charge is 0.481 e. The number of ether oxygens (including phenoxy) is 2. The minimum Gasteiger partial charge on any atom is -0.481 e. The highest BCUT2D eigenvalue weighted by molar-refractivity contribution is 5.94. The molecule has 0 aromatic heterocycles. The van der Waals surface area contributed by atoms with Crippen LogP contribution in [0.15, 0.2) is 48.5 Å². The van der Waals surface area contributed by atoms with E-state index in [0.29, 0.717) is 30.2 Å². The Labute approximate surface area is 205 Å². The average molecular weight is 472 g/mol. The first-order valence-corrected chi connectivity index (χ1v) is 11.9. The fourth-order valence-corrected chi connectivity index (χ4v) is 5.11. The molecule has 2 aliphatic rings. The summed E-state index contributed by atoms with van der Waals surface area (Å²) in [5.41, 5.74) is 7.98. The molecule has 0 fully saturated rings. The Hall–Kier alpha value is -3.80. The zero-order valence-corrected chi connectivity index (χ0v) is 20.3. The lowest BCUT2D eigenvalue weighted by Gasteiger charge is -2.30. The first-order valence-electron chi connectivity index (χ1n) is 11.9. The maximum atomic E-state index is 13.2. The fraction of sp³-hybridized carbons (Fsp3) is 0.310. The summed E-state index contributed by atoms with van der Waals surface area (Å²) in [7, 11) is 0. The van der Waals surface area contributed by atoms with E-state index in [9.17, 15) is 14.7 Å². The number of amides is 1. The molecule has 0 aliphatic carbocycles. The topological polar surface area (TPSA) is 76.1 Å². The van der Waals surface area contributed by atoms with E-state index in [-0.39, 0.29) is 25.0 Å². The van der Waals surface area contributed by atoms with E-state index in [1.807, 2.05) is 62.1 Å². The summed E-state index contributed by atoms with van der Waals surface area (Å²) in [6.07, 6.45) is 0.739. The highest BCUT2D eigenvalue weighted by Crippen LogP contribution is 2.42. The van der Waals surface area contributed by atoms with E-state index in [1.165, 1.54) is 11.1 Å². The molecule has 0 bridgehead atoms. The molecule has 6 heteroatoms. The summed E-state index contributed by atoms with van der Waals surface area (Å²) in [6.45, 7) is 7.35. The molecule has 2 heterocycles. The van der Waals surface area contributed by atoms with Gasteiger partial charge in [0.2, 0.25) is 6.79 Å². The SMILES string of the molecule is Cc1ccc(C(=O)N2CCc3ccc([C@@H](CC(=O)O)c4ccc5c(c4C)OCO5)cc3C2)cc1C. The van der Waals surface area contributed by atoms with Crippen LogP contribution in [0.1, 0.15) is 61.6 Å². The van der Waals surface area contributed by atoms with E-state index in [0.717, 1.165) is 34.2 Å². The molecular weight excluding hydrogens is 442 g/mol. The molecule has 5 rings (SSSR count). The molecule has 1 N–H and O–H groups in total. The smallest absolute Gasteiger partial charge is 0.304 e. The fourth-order valence-electron chi connectivity index (χ4n) is 5.11.